The summed E-state index contributed by atoms with van der Waals surface area (Å²) in [5, 5.41) is 0. The van der Waals surface area contributed by atoms with Crippen LogP contribution in [0.3, 0.4) is 0 Å². The molecule has 0 bridgehead atoms. The molecule has 0 aromatic heterocycles. The van der Waals surface area contributed by atoms with Gasteiger partial charge in [0.2, 0.25) is 0 Å². The molecule has 0 aliphatic carbocycles. The molecule has 2 unspecified atom stereocenters. The molecule has 112 valence electrons. The van der Waals surface area contributed by atoms with Crippen LogP contribution in [0.1, 0.15) is 41.5 Å². The Balaban J connectivity index is 0. The van der Waals surface area contributed by atoms with Gasteiger partial charge in [-0.15, -0.1) is 13.2 Å². The molecule has 1 saturated heterocycles. The second kappa shape index (κ2) is 12.1. The summed E-state index contributed by atoms with van der Waals surface area (Å²) >= 11 is 0. The van der Waals surface area contributed by atoms with Gasteiger partial charge in [0.15, 0.2) is 0 Å². The maximum Gasteiger partial charge on any atom is 0.0678 e. The van der Waals surface area contributed by atoms with Crippen molar-refractivity contribution in [2.24, 2.45) is 4.99 Å². The fourth-order valence-corrected chi connectivity index (χ4v) is 2.02. The third-order valence-electron chi connectivity index (χ3n) is 2.28. The van der Waals surface area contributed by atoms with Gasteiger partial charge < -0.3 is 4.74 Å². The van der Waals surface area contributed by atoms with Crippen molar-refractivity contribution < 1.29 is 4.74 Å². The molecule has 0 saturated carbocycles. The van der Waals surface area contributed by atoms with E-state index in [0.717, 1.165) is 31.0 Å². The first-order valence-electron chi connectivity index (χ1n) is 7.05. The highest BCUT2D eigenvalue weighted by molar-refractivity contribution is 5.80. The number of hydrogen-bond donors (Lipinski definition) is 0. The SMILES string of the molecule is C=C.C=C(CN1CC(C)OC(C)C1)N=C(C)C.CC. The van der Waals surface area contributed by atoms with Crippen molar-refractivity contribution in [1.82, 2.24) is 4.90 Å². The molecule has 0 aromatic carbocycles. The van der Waals surface area contributed by atoms with E-state index in [1.807, 2.05) is 27.7 Å². The van der Waals surface area contributed by atoms with E-state index in [9.17, 15) is 0 Å². The number of hydrogen-bond acceptors (Lipinski definition) is 3. The van der Waals surface area contributed by atoms with E-state index in [0.29, 0.717) is 12.2 Å². The summed E-state index contributed by atoms with van der Waals surface area (Å²) in [6.45, 7) is 25.0. The van der Waals surface area contributed by atoms with Crippen LogP contribution in [0.2, 0.25) is 0 Å². The predicted octanol–water partition coefficient (Wildman–Crippen LogP) is 3.92. The van der Waals surface area contributed by atoms with Gasteiger partial charge in [0.05, 0.1) is 12.2 Å². The molecular formula is C16H32N2O. The van der Waals surface area contributed by atoms with E-state index in [4.69, 9.17) is 4.74 Å². The van der Waals surface area contributed by atoms with Crippen LogP contribution in [-0.2, 0) is 4.74 Å². The molecule has 0 spiro atoms. The van der Waals surface area contributed by atoms with Gasteiger partial charge in [-0.25, -0.2) is 0 Å². The van der Waals surface area contributed by atoms with Crippen LogP contribution >= 0.6 is 0 Å². The zero-order valence-electron chi connectivity index (χ0n) is 13.7. The second-order valence-corrected chi connectivity index (χ2v) is 4.58. The molecule has 1 aliphatic rings. The van der Waals surface area contributed by atoms with Crippen molar-refractivity contribution in [3.05, 3.63) is 25.4 Å². The zero-order chi connectivity index (χ0) is 15.4. The lowest BCUT2D eigenvalue weighted by molar-refractivity contribution is -0.0653. The van der Waals surface area contributed by atoms with Crippen LogP contribution in [0.15, 0.2) is 30.4 Å². The van der Waals surface area contributed by atoms with Crippen LogP contribution in [0.4, 0.5) is 0 Å². The first-order chi connectivity index (χ1) is 8.97. The van der Waals surface area contributed by atoms with Crippen molar-refractivity contribution in [2.45, 2.75) is 53.8 Å². The molecule has 0 N–H and O–H groups in total. The fraction of sp³-hybridized carbons (Fsp3) is 0.688. The van der Waals surface area contributed by atoms with Gasteiger partial charge in [-0.2, -0.15) is 0 Å². The van der Waals surface area contributed by atoms with Gasteiger partial charge in [0.1, 0.15) is 0 Å². The summed E-state index contributed by atoms with van der Waals surface area (Å²) in [5.74, 6) is 0. The Hall–Kier alpha value is -0.930. The molecule has 0 aromatic rings. The maximum atomic E-state index is 5.67. The van der Waals surface area contributed by atoms with E-state index in [2.05, 4.69) is 43.5 Å². The number of nitrogens with zero attached hydrogens (tertiary/aromatic N) is 2. The van der Waals surface area contributed by atoms with E-state index >= 15 is 0 Å². The number of ether oxygens (including phenoxy) is 1. The average molecular weight is 268 g/mol. The summed E-state index contributed by atoms with van der Waals surface area (Å²) < 4.78 is 5.67. The summed E-state index contributed by atoms with van der Waals surface area (Å²) in [7, 11) is 0. The molecule has 0 amide bonds. The van der Waals surface area contributed by atoms with Crippen LogP contribution in [0.5, 0.6) is 0 Å². The Morgan fingerprint density at radius 1 is 1.16 bits per heavy atom. The highest BCUT2D eigenvalue weighted by Crippen LogP contribution is 2.12. The minimum absolute atomic E-state index is 0.313. The van der Waals surface area contributed by atoms with Gasteiger partial charge in [0, 0.05) is 31.0 Å². The van der Waals surface area contributed by atoms with Gasteiger partial charge in [-0.1, -0.05) is 20.4 Å². The van der Waals surface area contributed by atoms with Gasteiger partial charge >= 0.3 is 0 Å². The van der Waals surface area contributed by atoms with Crippen molar-refractivity contribution in [3.8, 4) is 0 Å². The van der Waals surface area contributed by atoms with Crippen molar-refractivity contribution in [1.29, 1.82) is 0 Å². The van der Waals surface area contributed by atoms with E-state index in [1.165, 1.54) is 0 Å². The lowest BCUT2D eigenvalue weighted by atomic mass is 10.2. The van der Waals surface area contributed by atoms with Crippen LogP contribution in [0.25, 0.3) is 0 Å². The lowest BCUT2D eigenvalue weighted by Crippen LogP contribution is -2.45. The Morgan fingerprint density at radius 3 is 1.95 bits per heavy atom. The maximum absolute atomic E-state index is 5.67. The monoisotopic (exact) mass is 268 g/mol. The standard InChI is InChI=1S/C12H22N2O.C2H6.C2H4/c1-9(2)13-10(3)6-14-7-11(4)15-12(5)8-14;2*1-2/h11-12H,3,6-8H2,1-2,4-5H3;1-2H3;1-2H2. The van der Waals surface area contributed by atoms with Crippen molar-refractivity contribution in [3.63, 3.8) is 0 Å². The van der Waals surface area contributed by atoms with Crippen LogP contribution in [-0.4, -0.2) is 42.5 Å². The Morgan fingerprint density at radius 2 is 1.58 bits per heavy atom. The summed E-state index contributed by atoms with van der Waals surface area (Å²) in [6, 6.07) is 0. The van der Waals surface area contributed by atoms with E-state index in [1.54, 1.807) is 0 Å². The summed E-state index contributed by atoms with van der Waals surface area (Å²) in [4.78, 5) is 6.72. The van der Waals surface area contributed by atoms with Gasteiger partial charge in [0.25, 0.3) is 0 Å². The van der Waals surface area contributed by atoms with Crippen LogP contribution < -0.4 is 0 Å². The molecule has 0 radical (unpaired) electrons. The molecule has 1 aliphatic heterocycles. The third-order valence-corrected chi connectivity index (χ3v) is 2.28. The summed E-state index contributed by atoms with van der Waals surface area (Å²) in [5.41, 5.74) is 2.01. The molecule has 1 heterocycles. The van der Waals surface area contributed by atoms with Gasteiger partial charge in [-0.3, -0.25) is 9.89 Å². The molecule has 3 nitrogen and oxygen atoms in total. The molecule has 19 heavy (non-hydrogen) atoms. The molecule has 3 heteroatoms. The lowest BCUT2D eigenvalue weighted by Gasteiger charge is -2.35. The number of morpholine rings is 1. The van der Waals surface area contributed by atoms with Gasteiger partial charge in [-0.05, 0) is 27.7 Å². The second-order valence-electron chi connectivity index (χ2n) is 4.58. The Kier molecular flexibility index (Phi) is 13.0. The average Bonchev–Trinajstić information content (AvgIpc) is 2.31. The molecular weight excluding hydrogens is 236 g/mol. The molecule has 1 rings (SSSR count). The zero-order valence-corrected chi connectivity index (χ0v) is 13.7. The number of aliphatic imine (C=N–C) groups is 1. The molecule has 1 fully saturated rings. The minimum Gasteiger partial charge on any atom is -0.373 e. The quantitative estimate of drug-likeness (QED) is 0.572. The highest BCUT2D eigenvalue weighted by Gasteiger charge is 2.22. The topological polar surface area (TPSA) is 24.8 Å². The third kappa shape index (κ3) is 10.7. The Labute approximate surface area is 120 Å². The minimum atomic E-state index is 0.313. The Bertz CT molecular complexity index is 260. The van der Waals surface area contributed by atoms with Crippen LogP contribution in [0, 0.1) is 0 Å². The predicted molar refractivity (Wildman–Crippen MR) is 87.0 cm³/mol. The largest absolute Gasteiger partial charge is 0.373 e. The normalized spacial score (nSPS) is 22.2. The smallest absolute Gasteiger partial charge is 0.0678 e. The highest BCUT2D eigenvalue weighted by atomic mass is 16.5. The van der Waals surface area contributed by atoms with E-state index < -0.39 is 0 Å². The van der Waals surface area contributed by atoms with E-state index in [-0.39, 0.29) is 0 Å². The van der Waals surface area contributed by atoms with Crippen molar-refractivity contribution in [2.75, 3.05) is 19.6 Å². The fourth-order valence-electron chi connectivity index (χ4n) is 2.02. The van der Waals surface area contributed by atoms with Crippen molar-refractivity contribution >= 4 is 5.71 Å². The molecule has 2 atom stereocenters. The first-order valence-corrected chi connectivity index (χ1v) is 7.05. The number of rotatable bonds is 3. The summed E-state index contributed by atoms with van der Waals surface area (Å²) in [6.07, 6.45) is 0.626. The first kappa shape index (κ1) is 20.4.